The molecule has 3 rings (SSSR count). The third-order valence-electron chi connectivity index (χ3n) is 3.61. The number of anilines is 1. The second-order valence-electron chi connectivity index (χ2n) is 5.38. The summed E-state index contributed by atoms with van der Waals surface area (Å²) < 4.78 is 10.5. The van der Waals surface area contributed by atoms with E-state index >= 15 is 0 Å². The molecule has 0 saturated heterocycles. The van der Waals surface area contributed by atoms with Gasteiger partial charge in [-0.15, -0.1) is 0 Å². The fourth-order valence-electron chi connectivity index (χ4n) is 2.42. The zero-order chi connectivity index (χ0) is 17.6. The summed E-state index contributed by atoms with van der Waals surface area (Å²) in [6.45, 7) is 1.89. The zero-order valence-electron chi connectivity index (χ0n) is 13.7. The Morgan fingerprint density at radius 2 is 1.88 bits per heavy atom. The number of aryl methyl sites for hydroxylation is 1. The predicted octanol–water partition coefficient (Wildman–Crippen LogP) is 3.27. The van der Waals surface area contributed by atoms with Crippen molar-refractivity contribution in [1.82, 2.24) is 5.16 Å². The van der Waals surface area contributed by atoms with Crippen LogP contribution in [0.4, 0.5) is 5.69 Å². The van der Waals surface area contributed by atoms with Crippen LogP contribution in [0, 0.1) is 6.92 Å². The highest BCUT2D eigenvalue weighted by Gasteiger charge is 2.21. The van der Waals surface area contributed by atoms with Crippen LogP contribution in [0.15, 0.2) is 59.1 Å². The predicted molar refractivity (Wildman–Crippen MR) is 93.7 cm³/mol. The van der Waals surface area contributed by atoms with Crippen LogP contribution in [0.2, 0.25) is 0 Å². The smallest absolute Gasteiger partial charge is 0.261 e. The lowest BCUT2D eigenvalue weighted by atomic mass is 10.1. The molecule has 2 aromatic carbocycles. The number of nitrogens with zero attached hydrogens (tertiary/aromatic N) is 1. The molecule has 128 valence electrons. The van der Waals surface area contributed by atoms with Gasteiger partial charge in [-0.3, -0.25) is 4.79 Å². The van der Waals surface area contributed by atoms with Gasteiger partial charge in [-0.25, -0.2) is 0 Å². The van der Waals surface area contributed by atoms with E-state index in [1.54, 1.807) is 31.2 Å². The van der Waals surface area contributed by atoms with E-state index in [-0.39, 0.29) is 19.1 Å². The average Bonchev–Trinajstić information content (AvgIpc) is 3.03. The Kier molecular flexibility index (Phi) is 5.11. The molecule has 1 aromatic heterocycles. The third-order valence-corrected chi connectivity index (χ3v) is 3.61. The standard InChI is InChI=1S/C19H18N2O4/c1-13-17(18(21-25-13)14-5-3-2-4-6-14)19(23)20-15-7-9-16(10-8-15)24-12-11-22/h2-10,22H,11-12H2,1H3,(H,20,23). The van der Waals surface area contributed by atoms with Gasteiger partial charge in [-0.05, 0) is 31.2 Å². The molecule has 0 radical (unpaired) electrons. The maximum absolute atomic E-state index is 12.7. The number of carbonyl (C=O) groups is 1. The van der Waals surface area contributed by atoms with Crippen LogP contribution in [0.5, 0.6) is 5.75 Å². The molecule has 2 N–H and O–H groups in total. The normalized spacial score (nSPS) is 10.5. The molecule has 0 spiro atoms. The minimum atomic E-state index is -0.290. The summed E-state index contributed by atoms with van der Waals surface area (Å²) in [5, 5.41) is 15.6. The largest absolute Gasteiger partial charge is 0.491 e. The molecule has 0 aliphatic heterocycles. The lowest BCUT2D eigenvalue weighted by molar-refractivity contribution is 0.102. The Bertz CT molecular complexity index is 842. The van der Waals surface area contributed by atoms with Crippen LogP contribution in [-0.4, -0.2) is 29.4 Å². The van der Waals surface area contributed by atoms with Crippen molar-refractivity contribution >= 4 is 11.6 Å². The molecular formula is C19H18N2O4. The summed E-state index contributed by atoms with van der Waals surface area (Å²) in [6, 6.07) is 16.3. The summed E-state index contributed by atoms with van der Waals surface area (Å²) in [4.78, 5) is 12.7. The Morgan fingerprint density at radius 1 is 1.16 bits per heavy atom. The van der Waals surface area contributed by atoms with Crippen molar-refractivity contribution in [3.8, 4) is 17.0 Å². The summed E-state index contributed by atoms with van der Waals surface area (Å²) in [6.07, 6.45) is 0. The van der Waals surface area contributed by atoms with Crippen molar-refractivity contribution in [3.63, 3.8) is 0 Å². The van der Waals surface area contributed by atoms with Gasteiger partial charge in [0.2, 0.25) is 0 Å². The minimum absolute atomic E-state index is 0.0481. The first-order valence-electron chi connectivity index (χ1n) is 7.86. The molecule has 1 heterocycles. The highest BCUT2D eigenvalue weighted by Crippen LogP contribution is 2.26. The number of benzene rings is 2. The maximum atomic E-state index is 12.7. The fraction of sp³-hybridized carbons (Fsp3) is 0.158. The molecule has 6 nitrogen and oxygen atoms in total. The number of aliphatic hydroxyl groups is 1. The first-order chi connectivity index (χ1) is 12.2. The second kappa shape index (κ2) is 7.63. The molecule has 1 amide bonds. The summed E-state index contributed by atoms with van der Waals surface area (Å²) in [5.41, 5.74) is 2.36. The van der Waals surface area contributed by atoms with Gasteiger partial charge in [0.25, 0.3) is 5.91 Å². The van der Waals surface area contributed by atoms with E-state index in [4.69, 9.17) is 14.4 Å². The van der Waals surface area contributed by atoms with Crippen LogP contribution in [0.1, 0.15) is 16.1 Å². The monoisotopic (exact) mass is 338 g/mol. The number of hydrogen-bond acceptors (Lipinski definition) is 5. The maximum Gasteiger partial charge on any atom is 0.261 e. The van der Waals surface area contributed by atoms with Gasteiger partial charge >= 0.3 is 0 Å². The van der Waals surface area contributed by atoms with Gasteiger partial charge in [0.1, 0.15) is 29.4 Å². The SMILES string of the molecule is Cc1onc(-c2ccccc2)c1C(=O)Nc1ccc(OCCO)cc1. The van der Waals surface area contributed by atoms with Gasteiger partial charge in [0.05, 0.1) is 6.61 Å². The summed E-state index contributed by atoms with van der Waals surface area (Å²) in [5.74, 6) is 0.791. The van der Waals surface area contributed by atoms with Gasteiger partial charge < -0.3 is 19.7 Å². The fourth-order valence-corrected chi connectivity index (χ4v) is 2.42. The highest BCUT2D eigenvalue weighted by molar-refractivity contribution is 6.08. The number of amides is 1. The minimum Gasteiger partial charge on any atom is -0.491 e. The number of carbonyl (C=O) groups excluding carboxylic acids is 1. The third kappa shape index (κ3) is 3.87. The van der Waals surface area contributed by atoms with Crippen molar-refractivity contribution in [2.45, 2.75) is 6.92 Å². The van der Waals surface area contributed by atoms with E-state index in [1.807, 2.05) is 30.3 Å². The van der Waals surface area contributed by atoms with E-state index in [0.717, 1.165) is 5.56 Å². The molecule has 0 aliphatic rings. The van der Waals surface area contributed by atoms with Crippen LogP contribution in [-0.2, 0) is 0 Å². The molecule has 6 heteroatoms. The number of hydrogen-bond donors (Lipinski definition) is 2. The number of aliphatic hydroxyl groups excluding tert-OH is 1. The number of ether oxygens (including phenoxy) is 1. The van der Waals surface area contributed by atoms with Crippen molar-refractivity contribution in [2.75, 3.05) is 18.5 Å². The lowest BCUT2D eigenvalue weighted by Crippen LogP contribution is -2.13. The molecule has 25 heavy (non-hydrogen) atoms. The number of aromatic nitrogens is 1. The molecule has 0 fully saturated rings. The molecule has 0 saturated carbocycles. The molecule has 0 atom stereocenters. The van der Waals surface area contributed by atoms with E-state index in [1.165, 1.54) is 0 Å². The van der Waals surface area contributed by atoms with E-state index in [0.29, 0.717) is 28.5 Å². The van der Waals surface area contributed by atoms with Crippen LogP contribution >= 0.6 is 0 Å². The Hall–Kier alpha value is -3.12. The Balaban J connectivity index is 1.79. The van der Waals surface area contributed by atoms with Crippen LogP contribution in [0.3, 0.4) is 0 Å². The van der Waals surface area contributed by atoms with Crippen LogP contribution in [0.25, 0.3) is 11.3 Å². The first-order valence-corrected chi connectivity index (χ1v) is 7.86. The van der Waals surface area contributed by atoms with E-state index in [2.05, 4.69) is 10.5 Å². The van der Waals surface area contributed by atoms with Crippen molar-refractivity contribution in [2.24, 2.45) is 0 Å². The topological polar surface area (TPSA) is 84.6 Å². The van der Waals surface area contributed by atoms with Crippen LogP contribution < -0.4 is 10.1 Å². The average molecular weight is 338 g/mol. The molecule has 0 unspecified atom stereocenters. The summed E-state index contributed by atoms with van der Waals surface area (Å²) in [7, 11) is 0. The Morgan fingerprint density at radius 3 is 2.56 bits per heavy atom. The van der Waals surface area contributed by atoms with E-state index < -0.39 is 0 Å². The molecule has 3 aromatic rings. The van der Waals surface area contributed by atoms with Crippen molar-refractivity contribution in [3.05, 3.63) is 65.9 Å². The highest BCUT2D eigenvalue weighted by atomic mass is 16.5. The zero-order valence-corrected chi connectivity index (χ0v) is 13.7. The lowest BCUT2D eigenvalue weighted by Gasteiger charge is -2.08. The first kappa shape index (κ1) is 16.7. The Labute approximate surface area is 145 Å². The molecule has 0 aliphatic carbocycles. The van der Waals surface area contributed by atoms with Gasteiger partial charge in [0, 0.05) is 11.3 Å². The summed E-state index contributed by atoms with van der Waals surface area (Å²) >= 11 is 0. The second-order valence-corrected chi connectivity index (χ2v) is 5.38. The van der Waals surface area contributed by atoms with Crippen molar-refractivity contribution in [1.29, 1.82) is 0 Å². The van der Waals surface area contributed by atoms with Gasteiger partial charge in [-0.2, -0.15) is 0 Å². The molecule has 0 bridgehead atoms. The van der Waals surface area contributed by atoms with Gasteiger partial charge in [0.15, 0.2) is 0 Å². The molecular weight excluding hydrogens is 320 g/mol. The number of nitrogens with one attached hydrogen (secondary N) is 1. The quantitative estimate of drug-likeness (QED) is 0.720. The van der Waals surface area contributed by atoms with Crippen molar-refractivity contribution < 1.29 is 19.2 Å². The number of rotatable bonds is 6. The van der Waals surface area contributed by atoms with E-state index in [9.17, 15) is 4.79 Å². The van der Waals surface area contributed by atoms with Gasteiger partial charge in [-0.1, -0.05) is 35.5 Å².